The van der Waals surface area contributed by atoms with E-state index < -0.39 is 9.58 Å². The van der Waals surface area contributed by atoms with E-state index in [9.17, 15) is 10.0 Å². The van der Waals surface area contributed by atoms with Gasteiger partial charge >= 0.3 is 0 Å². The number of allylic oxidation sites excluding steroid dienone is 4. The van der Waals surface area contributed by atoms with Gasteiger partial charge in [-0.3, -0.25) is 9.78 Å². The maximum absolute atomic E-state index is 13.7. The van der Waals surface area contributed by atoms with Crippen LogP contribution in [0.2, 0.25) is 0 Å². The minimum Gasteiger partial charge on any atom is -0.477 e. The summed E-state index contributed by atoms with van der Waals surface area (Å²) in [6.45, 7) is 9.18. The number of hydrogen-bond donors (Lipinski definition) is 4. The first-order valence-corrected chi connectivity index (χ1v) is 13.1. The quantitative estimate of drug-likeness (QED) is 0.146. The number of quaternary nitrogens is 1. The number of amides is 1. The molecule has 38 heavy (non-hydrogen) atoms. The Morgan fingerprint density at radius 1 is 1.29 bits per heavy atom. The Balaban J connectivity index is 1.50. The number of hydrogen-bond acceptors (Lipinski definition) is 9. The van der Waals surface area contributed by atoms with Gasteiger partial charge in [0, 0.05) is 31.8 Å². The van der Waals surface area contributed by atoms with Gasteiger partial charge in [0.2, 0.25) is 11.8 Å². The minimum absolute atomic E-state index is 0.00827. The zero-order chi connectivity index (χ0) is 27.2. The van der Waals surface area contributed by atoms with Gasteiger partial charge in [0.25, 0.3) is 0 Å². The zero-order valence-corrected chi connectivity index (χ0v) is 22.7. The van der Waals surface area contributed by atoms with Crippen LogP contribution in [-0.4, -0.2) is 56.1 Å². The number of nitrogens with one attached hydrogen (secondary N) is 2. The predicted octanol–water partition coefficient (Wildman–Crippen LogP) is 4.15. The van der Waals surface area contributed by atoms with Crippen molar-refractivity contribution in [2.45, 2.75) is 51.0 Å². The monoisotopic (exact) mass is 539 g/mol. The molecule has 2 fully saturated rings. The molecule has 3 N–H and O–H groups in total. The highest BCUT2D eigenvalue weighted by Gasteiger charge is 2.46. The maximum Gasteiger partial charge on any atom is 0.236 e. The maximum atomic E-state index is 13.7. The molecule has 4 rings (SSSR count). The lowest BCUT2D eigenvalue weighted by atomic mass is 9.76. The number of carbonyl (C=O) groups is 1. The molecule has 0 spiro atoms. The van der Waals surface area contributed by atoms with Gasteiger partial charge in [-0.2, -0.15) is 10.6 Å². The molecule has 1 aliphatic carbocycles. The number of rotatable bonds is 11. The second kappa shape index (κ2) is 12.1. The first-order valence-electron chi connectivity index (χ1n) is 12.7. The first-order chi connectivity index (χ1) is 18.3. The fraction of sp³-hybridized carbons (Fsp3) is 0.407. The van der Waals surface area contributed by atoms with Crippen molar-refractivity contribution < 1.29 is 23.6 Å². The van der Waals surface area contributed by atoms with Gasteiger partial charge in [0.1, 0.15) is 12.8 Å². The van der Waals surface area contributed by atoms with E-state index in [1.165, 1.54) is 0 Å². The van der Waals surface area contributed by atoms with E-state index in [4.69, 9.17) is 14.5 Å². The van der Waals surface area contributed by atoms with E-state index in [0.29, 0.717) is 61.4 Å². The van der Waals surface area contributed by atoms with Crippen LogP contribution in [0, 0.1) is 0 Å². The molecule has 2 aromatic rings. The molecule has 1 aliphatic heterocycles. The highest BCUT2D eigenvalue weighted by Crippen LogP contribution is 2.37. The summed E-state index contributed by atoms with van der Waals surface area (Å²) >= 11 is 4.32. The van der Waals surface area contributed by atoms with E-state index in [2.05, 4.69) is 40.1 Å². The molecule has 0 aromatic carbocycles. The molecule has 2 aliphatic rings. The molecule has 3 heterocycles. The molecule has 11 heteroatoms. The second-order valence-corrected chi connectivity index (χ2v) is 9.94. The number of carbonyl (C=O) groups excluding carboxylic acids is 1. The molecule has 2 aromatic heterocycles. The highest BCUT2D eigenvalue weighted by atomic mass is 32.1. The van der Waals surface area contributed by atoms with Crippen LogP contribution in [0.5, 0.6) is 5.88 Å². The van der Waals surface area contributed by atoms with Gasteiger partial charge in [-0.05, 0) is 54.6 Å². The smallest absolute Gasteiger partial charge is 0.236 e. The molecule has 1 unspecified atom stereocenters. The van der Waals surface area contributed by atoms with Crippen molar-refractivity contribution in [3.63, 3.8) is 0 Å². The summed E-state index contributed by atoms with van der Waals surface area (Å²) < 4.78 is 10.4. The third-order valence-corrected chi connectivity index (χ3v) is 7.03. The van der Waals surface area contributed by atoms with Crippen LogP contribution in [0.15, 0.2) is 61.1 Å². The average Bonchev–Trinajstić information content (AvgIpc) is 3.76. The van der Waals surface area contributed by atoms with Crippen molar-refractivity contribution in [3.8, 4) is 5.88 Å². The van der Waals surface area contributed by atoms with Gasteiger partial charge in [0.05, 0.1) is 35.8 Å². The van der Waals surface area contributed by atoms with E-state index in [0.717, 1.165) is 18.4 Å². The topological polar surface area (TPSA) is 118 Å². The van der Waals surface area contributed by atoms with Crippen LogP contribution in [0.4, 0.5) is 5.82 Å². The molecule has 0 radical (unpaired) electrons. The predicted molar refractivity (Wildman–Crippen MR) is 147 cm³/mol. The van der Waals surface area contributed by atoms with E-state index in [1.807, 2.05) is 38.1 Å². The molecule has 1 amide bonds. The SMILES string of the molecule is C=C(/C=C\C(=C/C)c1cncc(OCC)n1)NC(=O)C1(c2cccc(N[N+](O)(S)C3CC3)n2)CCOCC1. The van der Waals surface area contributed by atoms with Gasteiger partial charge in [-0.15, -0.1) is 0 Å². The van der Waals surface area contributed by atoms with Crippen LogP contribution >= 0.6 is 12.8 Å². The number of hydroxylamine groups is 1. The van der Waals surface area contributed by atoms with Crippen LogP contribution in [0.3, 0.4) is 0 Å². The Kier molecular flexibility index (Phi) is 8.83. The number of anilines is 1. The van der Waals surface area contributed by atoms with Crippen molar-refractivity contribution >= 4 is 30.1 Å². The summed E-state index contributed by atoms with van der Waals surface area (Å²) in [6, 6.07) is 5.41. The van der Waals surface area contributed by atoms with Crippen molar-refractivity contribution in [3.05, 3.63) is 72.5 Å². The molecule has 10 nitrogen and oxygen atoms in total. The van der Waals surface area contributed by atoms with Gasteiger partial charge in [0.15, 0.2) is 11.9 Å². The molecule has 0 bridgehead atoms. The number of nitrogens with zero attached hydrogens (tertiary/aromatic N) is 4. The molecule has 202 valence electrons. The Labute approximate surface area is 228 Å². The van der Waals surface area contributed by atoms with Gasteiger partial charge in [-0.1, -0.05) is 24.8 Å². The van der Waals surface area contributed by atoms with Crippen molar-refractivity contribution in [1.29, 1.82) is 0 Å². The number of ether oxygens (including phenoxy) is 2. The lowest BCUT2D eigenvalue weighted by Crippen LogP contribution is -2.48. The number of thiol groups is 1. The second-order valence-electron chi connectivity index (χ2n) is 9.33. The largest absolute Gasteiger partial charge is 0.477 e. The zero-order valence-electron chi connectivity index (χ0n) is 21.8. The van der Waals surface area contributed by atoms with Crippen LogP contribution in [-0.2, 0) is 14.9 Å². The Hall–Kier alpha value is -3.25. The van der Waals surface area contributed by atoms with Crippen molar-refractivity contribution in [2.75, 3.05) is 25.2 Å². The number of pyridine rings is 1. The van der Waals surface area contributed by atoms with Gasteiger partial charge in [-0.25, -0.2) is 9.97 Å². The summed E-state index contributed by atoms with van der Waals surface area (Å²) in [5, 5.41) is 13.5. The minimum atomic E-state index is -0.908. The van der Waals surface area contributed by atoms with E-state index in [1.54, 1.807) is 24.5 Å². The molecular formula is C27H35N6O4S+. The Morgan fingerprint density at radius 2 is 2.05 bits per heavy atom. The summed E-state index contributed by atoms with van der Waals surface area (Å²) in [6.07, 6.45) is 11.4. The molecular weight excluding hydrogens is 504 g/mol. The fourth-order valence-corrected chi connectivity index (χ4v) is 4.64. The third-order valence-electron chi connectivity index (χ3n) is 6.61. The standard InChI is InChI=1S/C27H34N6O4S/c1-4-20(22-17-28-18-25(30-22)37-5-2)10-9-19(3)29-26(34)27(13-15-36-16-14-27)23-7-6-8-24(31-23)32-33(35,38)21-11-12-21/h4,6-10,17-18,21,35,38H,3,5,11-16H2,1-2H3,(H-,29,31,32,34)/p+1/b10-9-,20-4+. The third kappa shape index (κ3) is 6.60. The molecule has 1 atom stereocenters. The lowest BCUT2D eigenvalue weighted by molar-refractivity contribution is -0.981. The Bertz CT molecular complexity index is 1220. The Morgan fingerprint density at radius 3 is 2.74 bits per heavy atom. The first kappa shape index (κ1) is 27.8. The van der Waals surface area contributed by atoms with Crippen molar-refractivity contribution in [2.24, 2.45) is 0 Å². The van der Waals surface area contributed by atoms with Crippen LogP contribution in [0.1, 0.15) is 50.9 Å². The summed E-state index contributed by atoms with van der Waals surface area (Å²) in [4.78, 5) is 27.1. The van der Waals surface area contributed by atoms with Gasteiger partial charge < -0.3 is 14.8 Å². The summed E-state index contributed by atoms with van der Waals surface area (Å²) in [5.41, 5.74) is 4.53. The van der Waals surface area contributed by atoms with Crippen LogP contribution in [0.25, 0.3) is 5.57 Å². The molecule has 1 saturated carbocycles. The summed E-state index contributed by atoms with van der Waals surface area (Å²) in [7, 11) is 0. The normalized spacial score (nSPS) is 19.0. The van der Waals surface area contributed by atoms with E-state index in [-0.39, 0.29) is 11.9 Å². The van der Waals surface area contributed by atoms with E-state index >= 15 is 0 Å². The average molecular weight is 540 g/mol. The van der Waals surface area contributed by atoms with Crippen molar-refractivity contribution in [1.82, 2.24) is 20.3 Å². The number of aromatic nitrogens is 3. The molecule has 1 saturated heterocycles. The summed E-state index contributed by atoms with van der Waals surface area (Å²) in [5.74, 6) is 0.679. The fourth-order valence-electron chi connectivity index (χ4n) is 4.31. The lowest BCUT2D eigenvalue weighted by Gasteiger charge is -2.35. The highest BCUT2D eigenvalue weighted by molar-refractivity contribution is 7.74. The van der Waals surface area contributed by atoms with Crippen LogP contribution < -0.4 is 15.5 Å².